The lowest BCUT2D eigenvalue weighted by Crippen LogP contribution is -2.56. The van der Waals surface area contributed by atoms with Crippen molar-refractivity contribution in [2.75, 3.05) is 46.4 Å². The van der Waals surface area contributed by atoms with E-state index in [0.29, 0.717) is 32.3 Å². The van der Waals surface area contributed by atoms with Crippen LogP contribution in [-0.4, -0.2) is 80.5 Å². The van der Waals surface area contributed by atoms with E-state index in [1.54, 1.807) is 7.05 Å². The molecule has 2 rings (SSSR count). The Kier molecular flexibility index (Phi) is 9.85. The van der Waals surface area contributed by atoms with Crippen LogP contribution in [0.1, 0.15) is 58.3 Å². The van der Waals surface area contributed by atoms with E-state index < -0.39 is 12.2 Å². The topological polar surface area (TPSA) is 40.1 Å². The maximum atomic E-state index is 12.9. The fourth-order valence-corrected chi connectivity index (χ4v) is 3.95. The molecule has 0 amide bonds. The average molecular weight is 407 g/mol. The van der Waals surface area contributed by atoms with E-state index in [1.807, 2.05) is 4.90 Å². The van der Waals surface area contributed by atoms with Gasteiger partial charge in [0, 0.05) is 46.4 Å². The largest absolute Gasteiger partial charge is 0.403 e. The van der Waals surface area contributed by atoms with Crippen molar-refractivity contribution < 1.29 is 17.9 Å². The van der Waals surface area contributed by atoms with Gasteiger partial charge in [-0.1, -0.05) is 19.3 Å². The number of piperazine rings is 1. The van der Waals surface area contributed by atoms with Gasteiger partial charge in [-0.15, -0.1) is 0 Å². The third-order valence-electron chi connectivity index (χ3n) is 5.86. The number of nitrogens with zero attached hydrogens (tertiary/aromatic N) is 3. The molecule has 1 aliphatic heterocycles. The molecule has 8 heteroatoms. The lowest BCUT2D eigenvalue weighted by Gasteiger charge is -2.39. The number of aliphatic imine (C=N–C) groups is 1. The molecule has 1 saturated heterocycles. The van der Waals surface area contributed by atoms with Gasteiger partial charge in [0.1, 0.15) is 6.04 Å². The highest BCUT2D eigenvalue weighted by molar-refractivity contribution is 5.79. The first-order valence-corrected chi connectivity index (χ1v) is 10.8. The first-order valence-electron chi connectivity index (χ1n) is 10.8. The third-order valence-corrected chi connectivity index (χ3v) is 5.86. The summed E-state index contributed by atoms with van der Waals surface area (Å²) in [6, 6.07) is -1.39. The van der Waals surface area contributed by atoms with Gasteiger partial charge in [0.15, 0.2) is 5.96 Å². The predicted molar refractivity (Wildman–Crippen MR) is 107 cm³/mol. The number of alkyl halides is 3. The molecule has 1 saturated carbocycles. The Balaban J connectivity index is 1.55. The lowest BCUT2D eigenvalue weighted by molar-refractivity contribution is -0.181. The summed E-state index contributed by atoms with van der Waals surface area (Å²) in [5, 5.41) is 3.35. The average Bonchev–Trinajstić information content (AvgIpc) is 2.70. The SMILES string of the molecule is CN=C(NCCCCCOC1CCCCC1)N1CCN(C(C)C(F)(F)F)CC1. The summed E-state index contributed by atoms with van der Waals surface area (Å²) in [4.78, 5) is 7.84. The second kappa shape index (κ2) is 11.9. The van der Waals surface area contributed by atoms with E-state index in [2.05, 4.69) is 10.3 Å². The minimum atomic E-state index is -4.16. The van der Waals surface area contributed by atoms with Crippen LogP contribution in [0.15, 0.2) is 4.99 Å². The molecule has 1 heterocycles. The molecule has 0 spiro atoms. The number of halogens is 3. The van der Waals surface area contributed by atoms with Crippen molar-refractivity contribution in [2.24, 2.45) is 4.99 Å². The highest BCUT2D eigenvalue weighted by Crippen LogP contribution is 2.25. The zero-order chi connectivity index (χ0) is 20.4. The molecule has 1 atom stereocenters. The fraction of sp³-hybridized carbons (Fsp3) is 0.950. The predicted octanol–water partition coefficient (Wildman–Crippen LogP) is 3.65. The lowest BCUT2D eigenvalue weighted by atomic mass is 9.98. The first-order chi connectivity index (χ1) is 13.4. The van der Waals surface area contributed by atoms with E-state index in [0.717, 1.165) is 38.4 Å². The summed E-state index contributed by atoms with van der Waals surface area (Å²) in [6.07, 6.45) is 5.92. The summed E-state index contributed by atoms with van der Waals surface area (Å²) >= 11 is 0. The van der Waals surface area contributed by atoms with Crippen molar-refractivity contribution in [3.05, 3.63) is 0 Å². The molecule has 0 bridgehead atoms. The standard InChI is InChI=1S/C20H37F3N4O/c1-17(20(21,22)23)26-12-14-27(15-13-26)19(24-2)25-11-7-4-8-16-28-18-9-5-3-6-10-18/h17-18H,3-16H2,1-2H3,(H,24,25). The van der Waals surface area contributed by atoms with E-state index in [1.165, 1.54) is 43.9 Å². The summed E-state index contributed by atoms with van der Waals surface area (Å²) < 4.78 is 44.5. The quantitative estimate of drug-likeness (QED) is 0.380. The van der Waals surface area contributed by atoms with Crippen LogP contribution in [0, 0.1) is 0 Å². The van der Waals surface area contributed by atoms with E-state index >= 15 is 0 Å². The Morgan fingerprint density at radius 1 is 1.07 bits per heavy atom. The molecule has 2 fully saturated rings. The Hall–Kier alpha value is -1.02. The number of hydrogen-bond donors (Lipinski definition) is 1. The number of unbranched alkanes of at least 4 members (excludes halogenated alkanes) is 2. The van der Waals surface area contributed by atoms with Crippen LogP contribution in [-0.2, 0) is 4.74 Å². The molecular formula is C20H37F3N4O. The molecule has 28 heavy (non-hydrogen) atoms. The molecule has 1 N–H and O–H groups in total. The molecule has 1 unspecified atom stereocenters. The van der Waals surface area contributed by atoms with Crippen LogP contribution in [0.2, 0.25) is 0 Å². The van der Waals surface area contributed by atoms with Gasteiger partial charge in [-0.25, -0.2) is 0 Å². The maximum Gasteiger partial charge on any atom is 0.403 e. The summed E-state index contributed by atoms with van der Waals surface area (Å²) in [5.74, 6) is 0.790. The molecular weight excluding hydrogens is 369 g/mol. The highest BCUT2D eigenvalue weighted by Gasteiger charge is 2.41. The third kappa shape index (κ3) is 7.78. The number of nitrogens with one attached hydrogen (secondary N) is 1. The Morgan fingerprint density at radius 3 is 2.36 bits per heavy atom. The zero-order valence-corrected chi connectivity index (χ0v) is 17.4. The van der Waals surface area contributed by atoms with Crippen molar-refractivity contribution in [2.45, 2.75) is 76.6 Å². The normalized spacial score (nSPS) is 21.8. The minimum absolute atomic E-state index is 0.403. The van der Waals surface area contributed by atoms with E-state index in [-0.39, 0.29) is 0 Å². The second-order valence-corrected chi connectivity index (χ2v) is 7.91. The Morgan fingerprint density at radius 2 is 1.75 bits per heavy atom. The van der Waals surface area contributed by atoms with Gasteiger partial charge in [0.2, 0.25) is 0 Å². The van der Waals surface area contributed by atoms with Crippen LogP contribution in [0.3, 0.4) is 0 Å². The summed E-state index contributed by atoms with van der Waals surface area (Å²) in [5.41, 5.74) is 0. The first kappa shape index (κ1) is 23.3. The van der Waals surface area contributed by atoms with Crippen molar-refractivity contribution in [3.8, 4) is 0 Å². The fourth-order valence-electron chi connectivity index (χ4n) is 3.95. The Bertz CT molecular complexity index is 459. The maximum absolute atomic E-state index is 12.9. The number of rotatable bonds is 8. The van der Waals surface area contributed by atoms with Gasteiger partial charge >= 0.3 is 6.18 Å². The van der Waals surface area contributed by atoms with Crippen LogP contribution < -0.4 is 5.32 Å². The van der Waals surface area contributed by atoms with E-state index in [4.69, 9.17) is 4.74 Å². The van der Waals surface area contributed by atoms with Gasteiger partial charge in [0.25, 0.3) is 0 Å². The van der Waals surface area contributed by atoms with Gasteiger partial charge in [0.05, 0.1) is 6.10 Å². The van der Waals surface area contributed by atoms with Gasteiger partial charge in [-0.3, -0.25) is 9.89 Å². The number of guanidine groups is 1. The van der Waals surface area contributed by atoms with Crippen molar-refractivity contribution in [1.82, 2.24) is 15.1 Å². The number of ether oxygens (including phenoxy) is 1. The summed E-state index contributed by atoms with van der Waals surface area (Å²) in [6.45, 7) is 4.85. The minimum Gasteiger partial charge on any atom is -0.378 e. The van der Waals surface area contributed by atoms with Gasteiger partial charge in [-0.05, 0) is 39.0 Å². The molecule has 2 aliphatic rings. The molecule has 0 aromatic rings. The highest BCUT2D eigenvalue weighted by atomic mass is 19.4. The van der Waals surface area contributed by atoms with Crippen LogP contribution in [0.4, 0.5) is 13.2 Å². The Labute approximate surface area is 167 Å². The number of hydrogen-bond acceptors (Lipinski definition) is 3. The smallest absolute Gasteiger partial charge is 0.378 e. The molecule has 0 aromatic heterocycles. The van der Waals surface area contributed by atoms with Crippen LogP contribution in [0.5, 0.6) is 0 Å². The molecule has 5 nitrogen and oxygen atoms in total. The summed E-state index contributed by atoms with van der Waals surface area (Å²) in [7, 11) is 1.73. The van der Waals surface area contributed by atoms with Crippen molar-refractivity contribution in [1.29, 1.82) is 0 Å². The van der Waals surface area contributed by atoms with Crippen LogP contribution in [0.25, 0.3) is 0 Å². The molecule has 164 valence electrons. The monoisotopic (exact) mass is 406 g/mol. The second-order valence-electron chi connectivity index (χ2n) is 7.91. The van der Waals surface area contributed by atoms with Crippen molar-refractivity contribution >= 4 is 5.96 Å². The van der Waals surface area contributed by atoms with Crippen LogP contribution >= 0.6 is 0 Å². The van der Waals surface area contributed by atoms with Crippen molar-refractivity contribution in [3.63, 3.8) is 0 Å². The molecule has 1 aliphatic carbocycles. The van der Waals surface area contributed by atoms with E-state index in [9.17, 15) is 13.2 Å². The molecule has 0 aromatic carbocycles. The van der Waals surface area contributed by atoms with Gasteiger partial charge in [-0.2, -0.15) is 13.2 Å². The molecule has 0 radical (unpaired) electrons. The zero-order valence-electron chi connectivity index (χ0n) is 17.4. The van der Waals surface area contributed by atoms with Gasteiger partial charge < -0.3 is 15.0 Å².